The maximum Gasteiger partial charge on any atom is 0.257 e. The molecule has 0 atom stereocenters. The third-order valence-electron chi connectivity index (χ3n) is 2.25. The van der Waals surface area contributed by atoms with Gasteiger partial charge in [0.2, 0.25) is 5.91 Å². The minimum Gasteiger partial charge on any atom is -0.504 e. The van der Waals surface area contributed by atoms with Crippen molar-refractivity contribution in [3.05, 3.63) is 23.8 Å². The van der Waals surface area contributed by atoms with Gasteiger partial charge in [-0.25, -0.2) is 0 Å². The van der Waals surface area contributed by atoms with E-state index in [1.54, 1.807) is 0 Å². The predicted octanol–water partition coefficient (Wildman–Crippen LogP) is -0.0842. The smallest absolute Gasteiger partial charge is 0.257 e. The van der Waals surface area contributed by atoms with Gasteiger partial charge in [0.05, 0.1) is 12.1 Å². The third-order valence-corrected chi connectivity index (χ3v) is 2.25. The zero-order chi connectivity index (χ0) is 13.0. The first-order valence-corrected chi connectivity index (χ1v) is 4.94. The minimum atomic E-state index is -0.540. The van der Waals surface area contributed by atoms with Crippen LogP contribution >= 0.6 is 0 Å². The summed E-state index contributed by atoms with van der Waals surface area (Å²) in [6, 6.07) is 4.08. The molecule has 2 amide bonds. The number of para-hydroxylation sites is 1. The number of nitrogens with one attached hydrogen (secondary N) is 1. The van der Waals surface area contributed by atoms with E-state index < -0.39 is 11.7 Å². The highest BCUT2D eigenvalue weighted by atomic mass is 16.3. The Hall–Kier alpha value is -2.24. The van der Waals surface area contributed by atoms with E-state index in [9.17, 15) is 19.8 Å². The quantitative estimate of drug-likeness (QED) is 0.642. The summed E-state index contributed by atoms with van der Waals surface area (Å²) in [5, 5.41) is 21.2. The van der Waals surface area contributed by atoms with Gasteiger partial charge in [-0.05, 0) is 12.1 Å². The number of phenolic OH excluding ortho intramolecular Hbond substituents is 2. The summed E-state index contributed by atoms with van der Waals surface area (Å²) in [7, 11) is 2.90. The number of benzene rings is 1. The van der Waals surface area contributed by atoms with Crippen molar-refractivity contribution in [3.63, 3.8) is 0 Å². The summed E-state index contributed by atoms with van der Waals surface area (Å²) in [4.78, 5) is 24.1. The van der Waals surface area contributed by atoms with E-state index in [2.05, 4.69) is 5.32 Å². The molecule has 0 aromatic heterocycles. The number of hydrogen-bond acceptors (Lipinski definition) is 4. The molecule has 0 radical (unpaired) electrons. The van der Waals surface area contributed by atoms with E-state index >= 15 is 0 Å². The van der Waals surface area contributed by atoms with Gasteiger partial charge in [0.15, 0.2) is 11.5 Å². The lowest BCUT2D eigenvalue weighted by Crippen LogP contribution is -2.36. The number of hydrogen-bond donors (Lipinski definition) is 3. The molecule has 0 aliphatic rings. The Morgan fingerprint density at radius 3 is 2.59 bits per heavy atom. The fourth-order valence-electron chi connectivity index (χ4n) is 1.28. The van der Waals surface area contributed by atoms with Crippen molar-refractivity contribution < 1.29 is 19.8 Å². The van der Waals surface area contributed by atoms with Gasteiger partial charge in [-0.1, -0.05) is 6.07 Å². The van der Waals surface area contributed by atoms with Gasteiger partial charge in [0.1, 0.15) is 0 Å². The molecule has 0 heterocycles. The van der Waals surface area contributed by atoms with Crippen molar-refractivity contribution in [1.29, 1.82) is 0 Å². The standard InChI is InChI=1S/C11H14N2O4/c1-12-9(15)6-13(2)11(17)7-4-3-5-8(14)10(7)16/h3-5,14,16H,6H2,1-2H3,(H,12,15). The van der Waals surface area contributed by atoms with Crippen LogP contribution in [0.3, 0.4) is 0 Å². The first-order chi connectivity index (χ1) is 7.97. The van der Waals surface area contributed by atoms with Crippen molar-refractivity contribution in [2.24, 2.45) is 0 Å². The molecule has 0 spiro atoms. The van der Waals surface area contributed by atoms with Crippen LogP contribution in [0.2, 0.25) is 0 Å². The Bertz CT molecular complexity index is 445. The fraction of sp³-hybridized carbons (Fsp3) is 0.273. The molecule has 92 valence electrons. The predicted molar refractivity (Wildman–Crippen MR) is 60.8 cm³/mol. The van der Waals surface area contributed by atoms with Crippen LogP contribution in [0.4, 0.5) is 0 Å². The molecule has 0 aliphatic heterocycles. The van der Waals surface area contributed by atoms with Gasteiger partial charge < -0.3 is 20.4 Å². The second kappa shape index (κ2) is 5.20. The molecular weight excluding hydrogens is 224 g/mol. The first kappa shape index (κ1) is 12.8. The lowest BCUT2D eigenvalue weighted by molar-refractivity contribution is -0.121. The molecule has 6 nitrogen and oxygen atoms in total. The van der Waals surface area contributed by atoms with Gasteiger partial charge in [-0.3, -0.25) is 9.59 Å². The van der Waals surface area contributed by atoms with E-state index in [0.717, 1.165) is 4.90 Å². The van der Waals surface area contributed by atoms with Gasteiger partial charge in [-0.15, -0.1) is 0 Å². The molecule has 0 aliphatic carbocycles. The molecule has 0 saturated carbocycles. The molecule has 0 fully saturated rings. The Labute approximate surface area is 98.5 Å². The topological polar surface area (TPSA) is 89.9 Å². The van der Waals surface area contributed by atoms with Crippen molar-refractivity contribution in [3.8, 4) is 11.5 Å². The van der Waals surface area contributed by atoms with Crippen molar-refractivity contribution in [1.82, 2.24) is 10.2 Å². The highest BCUT2D eigenvalue weighted by Gasteiger charge is 2.19. The number of carbonyl (C=O) groups is 2. The van der Waals surface area contributed by atoms with Crippen LogP contribution < -0.4 is 5.32 Å². The highest BCUT2D eigenvalue weighted by Crippen LogP contribution is 2.28. The zero-order valence-corrected chi connectivity index (χ0v) is 9.60. The number of aromatic hydroxyl groups is 2. The maximum absolute atomic E-state index is 11.8. The maximum atomic E-state index is 11.8. The summed E-state index contributed by atoms with van der Waals surface area (Å²) in [5.41, 5.74) is -0.0450. The van der Waals surface area contributed by atoms with Crippen LogP contribution in [0.1, 0.15) is 10.4 Å². The Kier molecular flexibility index (Phi) is 3.92. The highest BCUT2D eigenvalue weighted by molar-refractivity contribution is 5.99. The molecule has 3 N–H and O–H groups in total. The average Bonchev–Trinajstić information content (AvgIpc) is 2.31. The summed E-state index contributed by atoms with van der Waals surface area (Å²) < 4.78 is 0. The molecule has 1 aromatic rings. The number of phenols is 2. The molecule has 17 heavy (non-hydrogen) atoms. The number of nitrogens with zero attached hydrogens (tertiary/aromatic N) is 1. The Balaban J connectivity index is 2.89. The molecule has 1 aromatic carbocycles. The van der Waals surface area contributed by atoms with Crippen molar-refractivity contribution >= 4 is 11.8 Å². The minimum absolute atomic E-state index is 0.0450. The summed E-state index contributed by atoms with van der Waals surface area (Å²) in [5.74, 6) is -1.71. The second-order valence-corrected chi connectivity index (χ2v) is 3.51. The van der Waals surface area contributed by atoms with Crippen LogP contribution in [-0.4, -0.2) is 47.6 Å². The van der Waals surface area contributed by atoms with Crippen LogP contribution in [-0.2, 0) is 4.79 Å². The number of likely N-dealkylation sites (N-methyl/N-ethyl adjacent to an activating group) is 2. The lowest BCUT2D eigenvalue weighted by atomic mass is 10.1. The molecule has 6 heteroatoms. The zero-order valence-electron chi connectivity index (χ0n) is 9.60. The van der Waals surface area contributed by atoms with Crippen LogP contribution in [0.25, 0.3) is 0 Å². The van der Waals surface area contributed by atoms with Crippen LogP contribution in [0.15, 0.2) is 18.2 Å². The average molecular weight is 238 g/mol. The molecule has 0 unspecified atom stereocenters. The second-order valence-electron chi connectivity index (χ2n) is 3.51. The number of rotatable bonds is 3. The van der Waals surface area contributed by atoms with Gasteiger partial charge in [0, 0.05) is 14.1 Å². The summed E-state index contributed by atoms with van der Waals surface area (Å²) >= 11 is 0. The molecule has 1 rings (SSSR count). The molecule has 0 saturated heterocycles. The van der Waals surface area contributed by atoms with Crippen LogP contribution in [0.5, 0.6) is 11.5 Å². The largest absolute Gasteiger partial charge is 0.504 e. The van der Waals surface area contributed by atoms with Gasteiger partial charge in [0.25, 0.3) is 5.91 Å². The molecule has 0 bridgehead atoms. The third kappa shape index (κ3) is 2.87. The fourth-order valence-corrected chi connectivity index (χ4v) is 1.28. The Morgan fingerprint density at radius 1 is 1.35 bits per heavy atom. The SMILES string of the molecule is CNC(=O)CN(C)C(=O)c1cccc(O)c1O. The van der Waals surface area contributed by atoms with Crippen LogP contribution in [0, 0.1) is 0 Å². The van der Waals surface area contributed by atoms with Gasteiger partial charge in [-0.2, -0.15) is 0 Å². The summed E-state index contributed by atoms with van der Waals surface area (Å²) in [6.45, 7) is -0.121. The van der Waals surface area contributed by atoms with Crippen molar-refractivity contribution in [2.45, 2.75) is 0 Å². The summed E-state index contributed by atoms with van der Waals surface area (Å²) in [6.07, 6.45) is 0. The van der Waals surface area contributed by atoms with E-state index in [1.807, 2.05) is 0 Å². The van der Waals surface area contributed by atoms with E-state index in [4.69, 9.17) is 0 Å². The normalized spacial score (nSPS) is 9.76. The first-order valence-electron chi connectivity index (χ1n) is 4.94. The van der Waals surface area contributed by atoms with E-state index in [-0.39, 0.29) is 23.8 Å². The Morgan fingerprint density at radius 2 is 2.00 bits per heavy atom. The van der Waals surface area contributed by atoms with E-state index in [1.165, 1.54) is 32.3 Å². The lowest BCUT2D eigenvalue weighted by Gasteiger charge is -2.16. The number of amides is 2. The van der Waals surface area contributed by atoms with E-state index in [0.29, 0.717) is 0 Å². The van der Waals surface area contributed by atoms with Gasteiger partial charge >= 0.3 is 0 Å². The number of carbonyl (C=O) groups excluding carboxylic acids is 2. The van der Waals surface area contributed by atoms with Crippen molar-refractivity contribution in [2.75, 3.05) is 20.6 Å². The molecular formula is C11H14N2O4. The monoisotopic (exact) mass is 238 g/mol.